The fraction of sp³-hybridized carbons (Fsp3) is 0.950. The highest BCUT2D eigenvalue weighted by Gasteiger charge is 2.27. The minimum absolute atomic E-state index is 0. The molecule has 0 aromatic carbocycles. The van der Waals surface area contributed by atoms with Gasteiger partial charge in [0.1, 0.15) is 9.84 Å². The average molecular weight is 547 g/mol. The first-order valence-corrected chi connectivity index (χ1v) is 12.6. The maximum atomic E-state index is 11.5. The number of rotatable bonds is 11. The fourth-order valence-electron chi connectivity index (χ4n) is 3.63. The number of hydrogen-bond donors (Lipinski definition) is 2. The lowest BCUT2D eigenvalue weighted by Gasteiger charge is -2.39. The highest BCUT2D eigenvalue weighted by Crippen LogP contribution is 2.21. The topological polar surface area (TPSA) is 83.0 Å². The number of nitrogens with one attached hydrogen (secondary N) is 2. The molecule has 29 heavy (non-hydrogen) atoms. The Kier molecular flexibility index (Phi) is 14.0. The summed E-state index contributed by atoms with van der Waals surface area (Å²) < 4.78 is 28.4. The number of nitrogens with zero attached hydrogens (tertiary/aromatic N) is 2. The molecule has 0 aliphatic carbocycles. The van der Waals surface area contributed by atoms with E-state index in [9.17, 15) is 8.42 Å². The minimum Gasteiger partial charge on any atom is -0.379 e. The molecule has 1 fully saturated rings. The van der Waals surface area contributed by atoms with Gasteiger partial charge in [-0.05, 0) is 17.8 Å². The van der Waals surface area contributed by atoms with Crippen LogP contribution in [0.2, 0.25) is 0 Å². The molecule has 0 spiro atoms. The standard InChI is InChI=1S/C20H42N4O3S.HI/c1-7-17(8-2)18(24-10-12-27-13-11-24)15-22-19(21-5)23-16-20(3,4)9-14-28(6,25)26;/h17-18H,7-16H2,1-6H3,(H2,21,22,23);1H. The number of halogens is 1. The predicted molar refractivity (Wildman–Crippen MR) is 133 cm³/mol. The Bertz CT molecular complexity index is 574. The lowest BCUT2D eigenvalue weighted by Crippen LogP contribution is -2.53. The van der Waals surface area contributed by atoms with Crippen molar-refractivity contribution in [1.29, 1.82) is 0 Å². The Hall–Kier alpha value is -0.130. The van der Waals surface area contributed by atoms with Gasteiger partial charge in [-0.2, -0.15) is 0 Å². The first-order valence-electron chi connectivity index (χ1n) is 10.6. The van der Waals surface area contributed by atoms with Gasteiger partial charge in [-0.3, -0.25) is 9.89 Å². The molecule has 0 aromatic rings. The van der Waals surface area contributed by atoms with Crippen molar-refractivity contribution in [3.63, 3.8) is 0 Å². The van der Waals surface area contributed by atoms with Gasteiger partial charge in [-0.25, -0.2) is 8.42 Å². The molecule has 1 aliphatic heterocycles. The Balaban J connectivity index is 0.00000784. The minimum atomic E-state index is -2.94. The Morgan fingerprint density at radius 1 is 1.17 bits per heavy atom. The van der Waals surface area contributed by atoms with Gasteiger partial charge in [0, 0.05) is 45.5 Å². The Morgan fingerprint density at radius 3 is 2.24 bits per heavy atom. The van der Waals surface area contributed by atoms with E-state index in [1.54, 1.807) is 7.05 Å². The molecule has 0 amide bonds. The zero-order valence-electron chi connectivity index (χ0n) is 19.2. The van der Waals surface area contributed by atoms with Gasteiger partial charge >= 0.3 is 0 Å². The van der Waals surface area contributed by atoms with E-state index < -0.39 is 9.84 Å². The summed E-state index contributed by atoms with van der Waals surface area (Å²) in [6.45, 7) is 13.8. The van der Waals surface area contributed by atoms with Crippen LogP contribution in [0.5, 0.6) is 0 Å². The van der Waals surface area contributed by atoms with E-state index in [1.807, 2.05) is 0 Å². The molecule has 1 heterocycles. The number of hydrogen-bond acceptors (Lipinski definition) is 5. The molecule has 7 nitrogen and oxygen atoms in total. The van der Waals surface area contributed by atoms with Crippen molar-refractivity contribution in [2.75, 3.05) is 58.4 Å². The monoisotopic (exact) mass is 546 g/mol. The lowest BCUT2D eigenvalue weighted by molar-refractivity contribution is 0.00271. The Morgan fingerprint density at radius 2 is 1.76 bits per heavy atom. The molecule has 174 valence electrons. The van der Waals surface area contributed by atoms with Crippen molar-refractivity contribution in [2.45, 2.75) is 53.0 Å². The van der Waals surface area contributed by atoms with Crippen molar-refractivity contribution in [3.05, 3.63) is 0 Å². The van der Waals surface area contributed by atoms with Crippen LogP contribution in [-0.4, -0.2) is 83.8 Å². The van der Waals surface area contributed by atoms with E-state index in [0.717, 1.165) is 51.6 Å². The molecule has 0 saturated carbocycles. The van der Waals surface area contributed by atoms with Crippen LogP contribution in [0, 0.1) is 11.3 Å². The summed E-state index contributed by atoms with van der Waals surface area (Å²) in [6, 6.07) is 0.454. The third kappa shape index (κ3) is 11.7. The largest absolute Gasteiger partial charge is 0.379 e. The van der Waals surface area contributed by atoms with Crippen LogP contribution in [0.15, 0.2) is 4.99 Å². The van der Waals surface area contributed by atoms with Crippen LogP contribution in [0.3, 0.4) is 0 Å². The van der Waals surface area contributed by atoms with Crippen LogP contribution in [-0.2, 0) is 14.6 Å². The first kappa shape index (κ1) is 28.9. The number of ether oxygens (including phenoxy) is 1. The molecular weight excluding hydrogens is 503 g/mol. The second-order valence-corrected chi connectivity index (χ2v) is 10.9. The van der Waals surface area contributed by atoms with Crippen LogP contribution in [0.4, 0.5) is 0 Å². The van der Waals surface area contributed by atoms with Crippen molar-refractivity contribution in [2.24, 2.45) is 16.3 Å². The summed E-state index contributed by atoms with van der Waals surface area (Å²) in [4.78, 5) is 6.90. The van der Waals surface area contributed by atoms with E-state index >= 15 is 0 Å². The highest BCUT2D eigenvalue weighted by atomic mass is 127. The van der Waals surface area contributed by atoms with Gasteiger partial charge in [0.15, 0.2) is 5.96 Å². The third-order valence-corrected chi connectivity index (χ3v) is 6.64. The first-order chi connectivity index (χ1) is 13.1. The molecule has 0 bridgehead atoms. The average Bonchev–Trinajstić information content (AvgIpc) is 2.66. The third-order valence-electron chi connectivity index (χ3n) is 5.69. The number of guanidine groups is 1. The normalized spacial score (nSPS) is 17.7. The van der Waals surface area contributed by atoms with E-state index in [0.29, 0.717) is 24.9 Å². The van der Waals surface area contributed by atoms with Crippen LogP contribution in [0.25, 0.3) is 0 Å². The second-order valence-electron chi connectivity index (χ2n) is 8.64. The van der Waals surface area contributed by atoms with Gasteiger partial charge in [-0.15, -0.1) is 24.0 Å². The number of morpholine rings is 1. The van der Waals surface area contributed by atoms with Crippen molar-refractivity contribution >= 4 is 39.8 Å². The molecule has 1 aliphatic rings. The van der Waals surface area contributed by atoms with E-state index in [4.69, 9.17) is 4.74 Å². The van der Waals surface area contributed by atoms with Crippen LogP contribution < -0.4 is 10.6 Å². The molecule has 1 saturated heterocycles. The zero-order valence-corrected chi connectivity index (χ0v) is 22.3. The van der Waals surface area contributed by atoms with E-state index in [2.05, 4.69) is 48.2 Å². The Labute approximate surface area is 195 Å². The second kappa shape index (κ2) is 14.0. The van der Waals surface area contributed by atoms with Crippen molar-refractivity contribution < 1.29 is 13.2 Å². The molecule has 9 heteroatoms. The summed E-state index contributed by atoms with van der Waals surface area (Å²) in [5.74, 6) is 1.62. The molecule has 1 unspecified atom stereocenters. The molecular formula is C20H43IN4O3S. The summed E-state index contributed by atoms with van der Waals surface area (Å²) in [5, 5.41) is 6.88. The molecule has 1 rings (SSSR count). The summed E-state index contributed by atoms with van der Waals surface area (Å²) >= 11 is 0. The van der Waals surface area contributed by atoms with Gasteiger partial charge in [0.25, 0.3) is 0 Å². The van der Waals surface area contributed by atoms with E-state index in [1.165, 1.54) is 6.26 Å². The van der Waals surface area contributed by atoms with Crippen molar-refractivity contribution in [1.82, 2.24) is 15.5 Å². The van der Waals surface area contributed by atoms with Crippen molar-refractivity contribution in [3.8, 4) is 0 Å². The highest BCUT2D eigenvalue weighted by molar-refractivity contribution is 14.0. The zero-order chi connectivity index (χ0) is 21.2. The maximum absolute atomic E-state index is 11.5. The van der Waals surface area contributed by atoms with Crippen LogP contribution >= 0.6 is 24.0 Å². The number of sulfone groups is 1. The van der Waals surface area contributed by atoms with Gasteiger partial charge < -0.3 is 15.4 Å². The molecule has 1 atom stereocenters. The lowest BCUT2D eigenvalue weighted by atomic mass is 9.90. The number of aliphatic imine (C=N–C) groups is 1. The quantitative estimate of drug-likeness (QED) is 0.235. The molecule has 2 N–H and O–H groups in total. The summed E-state index contributed by atoms with van der Waals surface area (Å²) in [6.07, 6.45) is 4.23. The molecule has 0 radical (unpaired) electrons. The van der Waals surface area contributed by atoms with Gasteiger partial charge in [0.2, 0.25) is 0 Å². The van der Waals surface area contributed by atoms with E-state index in [-0.39, 0.29) is 35.1 Å². The fourth-order valence-corrected chi connectivity index (χ4v) is 4.55. The SMILES string of the molecule is CCC(CC)C(CNC(=NC)NCC(C)(C)CCS(C)(=O)=O)N1CCOCC1.I. The van der Waals surface area contributed by atoms with Gasteiger partial charge in [-0.1, -0.05) is 40.5 Å². The van der Waals surface area contributed by atoms with Crippen LogP contribution in [0.1, 0.15) is 47.0 Å². The summed E-state index contributed by atoms with van der Waals surface area (Å²) in [7, 11) is -1.16. The molecule has 0 aromatic heterocycles. The predicted octanol–water partition coefficient (Wildman–Crippen LogP) is 2.37. The van der Waals surface area contributed by atoms with Gasteiger partial charge in [0.05, 0.1) is 19.0 Å². The summed E-state index contributed by atoms with van der Waals surface area (Å²) in [5.41, 5.74) is -0.125. The smallest absolute Gasteiger partial charge is 0.191 e. The maximum Gasteiger partial charge on any atom is 0.191 e.